The van der Waals surface area contributed by atoms with Crippen molar-refractivity contribution in [1.29, 1.82) is 0 Å². The Morgan fingerprint density at radius 2 is 1.76 bits per heavy atom. The van der Waals surface area contributed by atoms with E-state index in [0.717, 1.165) is 5.56 Å². The number of hydrogen-bond donors (Lipinski definition) is 4. The quantitative estimate of drug-likeness (QED) is 0.335. The first-order valence-corrected chi connectivity index (χ1v) is 12.5. The summed E-state index contributed by atoms with van der Waals surface area (Å²) in [6, 6.07) is 14.2. The Kier molecular flexibility index (Phi) is 9.87. The lowest BCUT2D eigenvalue weighted by atomic mass is 9.89. The number of nitrogens with zero attached hydrogens (tertiary/aromatic N) is 1. The van der Waals surface area contributed by atoms with Gasteiger partial charge < -0.3 is 26.0 Å². The highest BCUT2D eigenvalue weighted by atomic mass is 32.2. The Balaban J connectivity index is 2.36. The van der Waals surface area contributed by atoms with E-state index in [1.807, 2.05) is 44.2 Å². The van der Waals surface area contributed by atoms with Gasteiger partial charge in [-0.25, -0.2) is 13.2 Å². The molecule has 0 spiro atoms. The molecule has 0 radical (unpaired) electrons. The van der Waals surface area contributed by atoms with Crippen molar-refractivity contribution in [3.8, 4) is 5.75 Å². The van der Waals surface area contributed by atoms with Gasteiger partial charge in [0.2, 0.25) is 10.0 Å². The van der Waals surface area contributed by atoms with Crippen molar-refractivity contribution in [2.75, 3.05) is 26.7 Å². The Morgan fingerprint density at radius 1 is 1.15 bits per heavy atom. The average Bonchev–Trinajstić information content (AvgIpc) is 2.78. The minimum absolute atomic E-state index is 0.0508. The Bertz CT molecular complexity index is 1010. The summed E-state index contributed by atoms with van der Waals surface area (Å²) < 4.78 is 33.4. The molecule has 2 rings (SSSR count). The summed E-state index contributed by atoms with van der Waals surface area (Å²) in [4.78, 5) is 11.5. The third-order valence-corrected chi connectivity index (χ3v) is 7.41. The number of benzene rings is 2. The second kappa shape index (κ2) is 12.2. The number of nitrogens with one attached hydrogen (secondary N) is 1. The fraction of sp³-hybridized carbons (Fsp3) is 0.458. The molecule has 1 amide bonds. The van der Waals surface area contributed by atoms with Crippen LogP contribution in [-0.2, 0) is 16.4 Å². The molecule has 0 fully saturated rings. The molecule has 0 aliphatic carbocycles. The summed E-state index contributed by atoms with van der Waals surface area (Å²) in [6.07, 6.45) is -1.82. The minimum Gasteiger partial charge on any atom is -0.497 e. The van der Waals surface area contributed by atoms with Crippen LogP contribution in [0.2, 0.25) is 0 Å². The normalized spacial score (nSPS) is 13.9. The lowest BCUT2D eigenvalue weighted by Gasteiger charge is -2.34. The van der Waals surface area contributed by atoms with E-state index in [4.69, 9.17) is 10.5 Å². The summed E-state index contributed by atoms with van der Waals surface area (Å²) in [5, 5.41) is 22.7. The number of rotatable bonds is 13. The van der Waals surface area contributed by atoms with Crippen molar-refractivity contribution in [2.24, 2.45) is 11.1 Å². The number of aliphatic hydroxyl groups is 1. The van der Waals surface area contributed by atoms with E-state index in [1.54, 1.807) is 12.1 Å². The van der Waals surface area contributed by atoms with Crippen molar-refractivity contribution < 1.29 is 28.2 Å². The molecule has 10 heteroatoms. The zero-order valence-corrected chi connectivity index (χ0v) is 20.7. The Morgan fingerprint density at radius 3 is 2.29 bits per heavy atom. The van der Waals surface area contributed by atoms with Gasteiger partial charge in [0.25, 0.3) is 0 Å². The van der Waals surface area contributed by atoms with Crippen LogP contribution >= 0.6 is 0 Å². The number of carboxylic acid groups (broad SMARTS) is 1. The third kappa shape index (κ3) is 7.98. The van der Waals surface area contributed by atoms with Gasteiger partial charge in [0.15, 0.2) is 0 Å². The van der Waals surface area contributed by atoms with Crippen molar-refractivity contribution >= 4 is 16.1 Å². The van der Waals surface area contributed by atoms with E-state index >= 15 is 0 Å². The summed E-state index contributed by atoms with van der Waals surface area (Å²) in [7, 11) is -2.52. The van der Waals surface area contributed by atoms with Gasteiger partial charge in [-0.05, 0) is 54.6 Å². The zero-order valence-electron chi connectivity index (χ0n) is 19.8. The molecule has 34 heavy (non-hydrogen) atoms. The molecular formula is C24H35N3O6S. The van der Waals surface area contributed by atoms with Crippen LogP contribution in [0, 0.1) is 5.41 Å². The fourth-order valence-corrected chi connectivity index (χ4v) is 5.38. The first-order chi connectivity index (χ1) is 16.0. The number of aliphatic hydroxyl groups excluding tert-OH is 1. The van der Waals surface area contributed by atoms with Gasteiger partial charge in [0.1, 0.15) is 5.75 Å². The predicted molar refractivity (Wildman–Crippen MR) is 130 cm³/mol. The highest BCUT2D eigenvalue weighted by Crippen LogP contribution is 2.27. The maximum absolute atomic E-state index is 13.6. The monoisotopic (exact) mass is 493 g/mol. The topological polar surface area (TPSA) is 142 Å². The van der Waals surface area contributed by atoms with Crippen LogP contribution in [-0.4, -0.2) is 67.9 Å². The molecule has 0 heterocycles. The number of ether oxygens (including phenoxy) is 1. The fourth-order valence-electron chi connectivity index (χ4n) is 3.74. The van der Waals surface area contributed by atoms with Crippen LogP contribution < -0.4 is 15.8 Å². The highest BCUT2D eigenvalue weighted by molar-refractivity contribution is 7.89. The van der Waals surface area contributed by atoms with Gasteiger partial charge in [-0.3, -0.25) is 0 Å². The maximum Gasteiger partial charge on any atom is 0.404 e. The Hall–Kier alpha value is -2.66. The molecule has 2 aromatic carbocycles. The number of methoxy groups -OCH3 is 1. The van der Waals surface area contributed by atoms with Gasteiger partial charge in [-0.15, -0.1) is 0 Å². The molecule has 9 nitrogen and oxygen atoms in total. The van der Waals surface area contributed by atoms with Gasteiger partial charge in [-0.1, -0.05) is 44.2 Å². The molecule has 0 aliphatic rings. The summed E-state index contributed by atoms with van der Waals surface area (Å²) in [5.41, 5.74) is 6.07. The van der Waals surface area contributed by atoms with Crippen LogP contribution in [0.25, 0.3) is 0 Å². The highest BCUT2D eigenvalue weighted by Gasteiger charge is 2.34. The second-order valence-corrected chi connectivity index (χ2v) is 10.9. The lowest BCUT2D eigenvalue weighted by molar-refractivity contribution is 0.0909. The summed E-state index contributed by atoms with van der Waals surface area (Å²) in [5.74, 6) is 0.516. The van der Waals surface area contributed by atoms with Gasteiger partial charge in [0.05, 0.1) is 24.2 Å². The molecular weight excluding hydrogens is 458 g/mol. The maximum atomic E-state index is 13.6. The van der Waals surface area contributed by atoms with E-state index in [0.29, 0.717) is 18.7 Å². The standard InChI is InChI=1S/C24H35N3O6S/c1-24(2,13-14-25)17-27(34(31,32)20-11-9-19(33-3)10-12-20)16-22(28)21(26-23(29)30)15-18-7-5-4-6-8-18/h4-12,21-22,26,28H,13-17,25H2,1-3H3,(H,29,30). The number of carbonyl (C=O) groups is 1. The van der Waals surface area contributed by atoms with E-state index < -0.39 is 33.7 Å². The van der Waals surface area contributed by atoms with E-state index in [2.05, 4.69) is 5.32 Å². The van der Waals surface area contributed by atoms with E-state index in [1.165, 1.54) is 23.5 Å². The molecule has 0 saturated carbocycles. The van der Waals surface area contributed by atoms with Crippen LogP contribution in [0.4, 0.5) is 4.79 Å². The number of hydrogen-bond acceptors (Lipinski definition) is 6. The predicted octanol–water partition coefficient (Wildman–Crippen LogP) is 2.30. The van der Waals surface area contributed by atoms with Gasteiger partial charge >= 0.3 is 6.09 Å². The van der Waals surface area contributed by atoms with Crippen molar-refractivity contribution in [3.63, 3.8) is 0 Å². The van der Waals surface area contributed by atoms with Gasteiger partial charge in [-0.2, -0.15) is 4.31 Å². The van der Waals surface area contributed by atoms with Crippen molar-refractivity contribution in [1.82, 2.24) is 9.62 Å². The second-order valence-electron chi connectivity index (χ2n) is 8.99. The largest absolute Gasteiger partial charge is 0.497 e. The van der Waals surface area contributed by atoms with Crippen molar-refractivity contribution in [3.05, 3.63) is 60.2 Å². The lowest BCUT2D eigenvalue weighted by Crippen LogP contribution is -2.51. The molecule has 0 aromatic heterocycles. The summed E-state index contributed by atoms with van der Waals surface area (Å²) in [6.45, 7) is 3.99. The molecule has 2 unspecified atom stereocenters. The van der Waals surface area contributed by atoms with Crippen LogP contribution in [0.3, 0.4) is 0 Å². The molecule has 0 bridgehead atoms. The molecule has 188 valence electrons. The minimum atomic E-state index is -4.01. The summed E-state index contributed by atoms with van der Waals surface area (Å²) >= 11 is 0. The molecule has 0 aliphatic heterocycles. The smallest absolute Gasteiger partial charge is 0.404 e. The van der Waals surface area contributed by atoms with E-state index in [9.17, 15) is 23.4 Å². The SMILES string of the molecule is COc1ccc(S(=O)(=O)N(CC(O)C(Cc2ccccc2)NC(=O)O)CC(C)(C)CCN)cc1. The van der Waals surface area contributed by atoms with Crippen LogP contribution in [0.15, 0.2) is 59.5 Å². The first kappa shape index (κ1) is 27.6. The number of nitrogens with two attached hydrogens (primary N) is 1. The van der Waals surface area contributed by atoms with Gasteiger partial charge in [0, 0.05) is 13.1 Å². The average molecular weight is 494 g/mol. The zero-order chi connectivity index (χ0) is 25.4. The van der Waals surface area contributed by atoms with Crippen molar-refractivity contribution in [2.45, 2.75) is 43.7 Å². The first-order valence-electron chi connectivity index (χ1n) is 11.0. The molecule has 0 saturated heterocycles. The van der Waals surface area contributed by atoms with Crippen LogP contribution in [0.1, 0.15) is 25.8 Å². The molecule has 2 atom stereocenters. The Labute approximate surface area is 201 Å². The molecule has 5 N–H and O–H groups in total. The van der Waals surface area contributed by atoms with E-state index in [-0.39, 0.29) is 24.4 Å². The number of amides is 1. The number of sulfonamides is 1. The van der Waals surface area contributed by atoms with Crippen LogP contribution in [0.5, 0.6) is 5.75 Å². The third-order valence-electron chi connectivity index (χ3n) is 5.59. The molecule has 2 aromatic rings.